The Kier molecular flexibility index (Phi) is 6.86. The Hall–Kier alpha value is -2.71. The molecule has 1 aliphatic carbocycles. The number of carbonyl (C=O) groups is 4. The lowest BCUT2D eigenvalue weighted by Crippen LogP contribution is -2.30. The first-order valence-electron chi connectivity index (χ1n) is 10.6. The van der Waals surface area contributed by atoms with E-state index >= 15 is 0 Å². The van der Waals surface area contributed by atoms with Crippen molar-refractivity contribution in [1.29, 1.82) is 0 Å². The number of anilines is 2. The molecule has 2 aliphatic rings. The topological polar surface area (TPSA) is 92.8 Å². The van der Waals surface area contributed by atoms with Crippen LogP contribution in [0, 0.1) is 17.8 Å². The van der Waals surface area contributed by atoms with Gasteiger partial charge in [-0.25, -0.2) is 4.79 Å². The van der Waals surface area contributed by atoms with Gasteiger partial charge in [-0.15, -0.1) is 0 Å². The zero-order valence-electron chi connectivity index (χ0n) is 17.8. The van der Waals surface area contributed by atoms with Crippen LogP contribution in [0.1, 0.15) is 36.5 Å². The van der Waals surface area contributed by atoms with E-state index in [1.165, 1.54) is 17.0 Å². The van der Waals surface area contributed by atoms with Crippen molar-refractivity contribution >= 4 is 62.6 Å². The van der Waals surface area contributed by atoms with Gasteiger partial charge in [0.05, 0.1) is 33.8 Å². The van der Waals surface area contributed by atoms with Crippen LogP contribution in [0.4, 0.5) is 11.4 Å². The molecule has 1 saturated heterocycles. The molecule has 9 heteroatoms. The highest BCUT2D eigenvalue weighted by molar-refractivity contribution is 9.10. The van der Waals surface area contributed by atoms with Gasteiger partial charge in [-0.1, -0.05) is 34.5 Å². The minimum absolute atomic E-state index is 0.171. The number of hydrogen-bond donors (Lipinski definition) is 1. The maximum atomic E-state index is 12.8. The van der Waals surface area contributed by atoms with Crippen LogP contribution in [0.25, 0.3) is 0 Å². The zero-order valence-corrected chi connectivity index (χ0v) is 20.2. The average molecular weight is 534 g/mol. The standard InChI is InChI=1S/C24H22BrClN2O5/c1-13-2-8-17-18(10-13)23(31)28(22(17)30)16-6-3-14(4-7-16)24(32)33-12-21(29)27-20-9-5-15(25)11-19(20)26/h3-7,9,11,13,17-18H,2,8,10,12H2,1H3,(H,27,29)/t13-,17-,18-/m1/s1. The van der Waals surface area contributed by atoms with E-state index in [0.29, 0.717) is 22.3 Å². The normalized spacial score (nSPS) is 22.2. The van der Waals surface area contributed by atoms with Gasteiger partial charge < -0.3 is 10.1 Å². The molecule has 0 unspecified atom stereocenters. The second-order valence-corrected chi connectivity index (χ2v) is 9.76. The van der Waals surface area contributed by atoms with E-state index in [0.717, 1.165) is 23.7 Å². The summed E-state index contributed by atoms with van der Waals surface area (Å²) >= 11 is 9.35. The van der Waals surface area contributed by atoms with Gasteiger partial charge in [-0.3, -0.25) is 19.3 Å². The second kappa shape index (κ2) is 9.65. The molecule has 7 nitrogen and oxygen atoms in total. The number of benzene rings is 2. The fraction of sp³-hybridized carbons (Fsp3) is 0.333. The minimum Gasteiger partial charge on any atom is -0.452 e. The Morgan fingerprint density at radius 1 is 1.09 bits per heavy atom. The van der Waals surface area contributed by atoms with Crippen molar-refractivity contribution in [2.75, 3.05) is 16.8 Å². The molecule has 4 rings (SSSR count). The van der Waals surface area contributed by atoms with Crippen molar-refractivity contribution in [3.8, 4) is 0 Å². The maximum Gasteiger partial charge on any atom is 0.338 e. The lowest BCUT2D eigenvalue weighted by molar-refractivity contribution is -0.122. The third-order valence-electron chi connectivity index (χ3n) is 6.09. The third kappa shape index (κ3) is 4.96. The molecule has 1 heterocycles. The Labute approximate surface area is 204 Å². The number of nitrogens with zero attached hydrogens (tertiary/aromatic N) is 1. The number of imide groups is 1. The average Bonchev–Trinajstić information content (AvgIpc) is 3.03. The predicted molar refractivity (Wildman–Crippen MR) is 127 cm³/mol. The second-order valence-electron chi connectivity index (χ2n) is 8.44. The molecule has 1 N–H and O–H groups in total. The summed E-state index contributed by atoms with van der Waals surface area (Å²) in [6.07, 6.45) is 2.40. The number of nitrogens with one attached hydrogen (secondary N) is 1. The molecule has 1 saturated carbocycles. The SMILES string of the molecule is C[C@@H]1CC[C@H]2C(=O)N(c3ccc(C(=O)OCC(=O)Nc4ccc(Br)cc4Cl)cc3)C(=O)[C@@H]2C1. The Bertz CT molecular complexity index is 1120. The number of esters is 1. The Morgan fingerprint density at radius 3 is 2.48 bits per heavy atom. The van der Waals surface area contributed by atoms with Gasteiger partial charge in [0, 0.05) is 4.47 Å². The Morgan fingerprint density at radius 2 is 1.79 bits per heavy atom. The number of hydrogen-bond acceptors (Lipinski definition) is 5. The van der Waals surface area contributed by atoms with Gasteiger partial charge >= 0.3 is 5.97 Å². The molecule has 0 spiro atoms. The summed E-state index contributed by atoms with van der Waals surface area (Å²) in [6, 6.07) is 11.0. The van der Waals surface area contributed by atoms with Crippen LogP contribution in [0.15, 0.2) is 46.9 Å². The summed E-state index contributed by atoms with van der Waals surface area (Å²) in [5.74, 6) is -1.66. The van der Waals surface area contributed by atoms with E-state index in [1.54, 1.807) is 30.3 Å². The van der Waals surface area contributed by atoms with Crippen molar-refractivity contribution in [1.82, 2.24) is 0 Å². The van der Waals surface area contributed by atoms with Crippen molar-refractivity contribution in [2.24, 2.45) is 17.8 Å². The van der Waals surface area contributed by atoms with Crippen LogP contribution >= 0.6 is 27.5 Å². The molecule has 0 aromatic heterocycles. The third-order valence-corrected chi connectivity index (χ3v) is 6.89. The van der Waals surface area contributed by atoms with E-state index in [-0.39, 0.29) is 29.2 Å². The van der Waals surface area contributed by atoms with Crippen LogP contribution in [-0.4, -0.2) is 30.3 Å². The van der Waals surface area contributed by atoms with E-state index in [2.05, 4.69) is 28.2 Å². The maximum absolute atomic E-state index is 12.8. The summed E-state index contributed by atoms with van der Waals surface area (Å²) < 4.78 is 5.84. The number of halogens is 2. The number of amides is 3. The van der Waals surface area contributed by atoms with E-state index < -0.39 is 18.5 Å². The van der Waals surface area contributed by atoms with Gasteiger partial charge in [-0.05, 0) is 67.6 Å². The number of fused-ring (bicyclic) bond motifs is 1. The first-order chi connectivity index (χ1) is 15.7. The minimum atomic E-state index is -0.694. The van der Waals surface area contributed by atoms with Crippen LogP contribution in [0.2, 0.25) is 5.02 Å². The summed E-state index contributed by atoms with van der Waals surface area (Å²) in [7, 11) is 0. The summed E-state index contributed by atoms with van der Waals surface area (Å²) in [6.45, 7) is 1.61. The van der Waals surface area contributed by atoms with Gasteiger partial charge in [0.25, 0.3) is 5.91 Å². The lowest BCUT2D eigenvalue weighted by Gasteiger charge is -2.25. The van der Waals surface area contributed by atoms with Crippen molar-refractivity contribution in [2.45, 2.75) is 26.2 Å². The summed E-state index contributed by atoms with van der Waals surface area (Å²) in [4.78, 5) is 51.3. The zero-order chi connectivity index (χ0) is 23.7. The van der Waals surface area contributed by atoms with Crippen LogP contribution in [0.3, 0.4) is 0 Å². The van der Waals surface area contributed by atoms with Gasteiger partial charge in [-0.2, -0.15) is 0 Å². The highest BCUT2D eigenvalue weighted by Crippen LogP contribution is 2.42. The molecule has 172 valence electrons. The fourth-order valence-electron chi connectivity index (χ4n) is 4.38. The highest BCUT2D eigenvalue weighted by Gasteiger charge is 2.49. The molecule has 0 bridgehead atoms. The molecule has 0 radical (unpaired) electrons. The number of ether oxygens (including phenoxy) is 1. The van der Waals surface area contributed by atoms with Crippen molar-refractivity contribution in [3.63, 3.8) is 0 Å². The van der Waals surface area contributed by atoms with E-state index in [4.69, 9.17) is 16.3 Å². The first-order valence-corrected chi connectivity index (χ1v) is 11.8. The van der Waals surface area contributed by atoms with Crippen LogP contribution < -0.4 is 10.2 Å². The van der Waals surface area contributed by atoms with Crippen LogP contribution in [-0.2, 0) is 19.1 Å². The van der Waals surface area contributed by atoms with Crippen LogP contribution in [0.5, 0.6) is 0 Å². The highest BCUT2D eigenvalue weighted by atomic mass is 79.9. The molecule has 2 aromatic rings. The van der Waals surface area contributed by atoms with Crippen molar-refractivity contribution in [3.05, 3.63) is 57.5 Å². The van der Waals surface area contributed by atoms with Gasteiger partial charge in [0.15, 0.2) is 6.61 Å². The number of carbonyl (C=O) groups excluding carboxylic acids is 4. The van der Waals surface area contributed by atoms with E-state index in [1.807, 2.05) is 0 Å². The quantitative estimate of drug-likeness (QED) is 0.439. The summed E-state index contributed by atoms with van der Waals surface area (Å²) in [5, 5.41) is 2.92. The molecular weight excluding hydrogens is 512 g/mol. The largest absolute Gasteiger partial charge is 0.452 e. The lowest BCUT2D eigenvalue weighted by atomic mass is 9.76. The molecule has 2 aromatic carbocycles. The molecule has 3 amide bonds. The number of rotatable bonds is 5. The smallest absolute Gasteiger partial charge is 0.338 e. The Balaban J connectivity index is 1.36. The summed E-state index contributed by atoms with van der Waals surface area (Å²) in [5.41, 5.74) is 1.05. The van der Waals surface area contributed by atoms with E-state index in [9.17, 15) is 19.2 Å². The molecule has 3 atom stereocenters. The molecule has 2 fully saturated rings. The predicted octanol–water partition coefficient (Wildman–Crippen LogP) is 4.82. The monoisotopic (exact) mass is 532 g/mol. The van der Waals surface area contributed by atoms with Crippen molar-refractivity contribution < 1.29 is 23.9 Å². The fourth-order valence-corrected chi connectivity index (χ4v) is 5.10. The van der Waals surface area contributed by atoms with Gasteiger partial charge in [0.1, 0.15) is 0 Å². The molecule has 33 heavy (non-hydrogen) atoms. The first kappa shape index (κ1) is 23.4. The van der Waals surface area contributed by atoms with Gasteiger partial charge in [0.2, 0.25) is 11.8 Å². The molecular formula is C24H22BrClN2O5. The molecule has 1 aliphatic heterocycles.